The molecule has 2 nitrogen and oxygen atoms in total. The first kappa shape index (κ1) is 7.06. The second kappa shape index (κ2) is 2.69. The van der Waals surface area contributed by atoms with Gasteiger partial charge in [-0.15, -0.1) is 0 Å². The van der Waals surface area contributed by atoms with Crippen molar-refractivity contribution in [3.63, 3.8) is 0 Å². The van der Waals surface area contributed by atoms with Gasteiger partial charge in [0.15, 0.2) is 0 Å². The van der Waals surface area contributed by atoms with Crippen LogP contribution in [0.1, 0.15) is 5.76 Å². The van der Waals surface area contributed by atoms with Crippen LogP contribution in [0.4, 0.5) is 0 Å². The third-order valence-corrected chi connectivity index (χ3v) is 1.28. The van der Waals surface area contributed by atoms with Crippen LogP contribution in [-0.2, 0) is 0 Å². The van der Waals surface area contributed by atoms with Gasteiger partial charge in [0, 0.05) is 0 Å². The topological polar surface area (TPSA) is 16.1 Å². The van der Waals surface area contributed by atoms with Crippen molar-refractivity contribution in [3.8, 4) is 0 Å². The summed E-state index contributed by atoms with van der Waals surface area (Å²) in [6, 6.07) is 5.86. The van der Waals surface area contributed by atoms with Crippen LogP contribution >= 0.6 is 0 Å². The highest BCUT2D eigenvalue weighted by atomic mass is 16.3. The molecule has 0 radical (unpaired) electrons. The Morgan fingerprint density at radius 1 is 1.30 bits per heavy atom. The Bertz CT molecular complexity index is 281. The van der Waals surface area contributed by atoms with Crippen molar-refractivity contribution in [3.05, 3.63) is 29.5 Å². The first-order chi connectivity index (χ1) is 4.70. The van der Waals surface area contributed by atoms with Crippen LogP contribution in [0.15, 0.2) is 22.6 Å². The molecule has 1 rings (SSSR count). The van der Waals surface area contributed by atoms with E-state index in [9.17, 15) is 0 Å². The molecule has 0 aromatic carbocycles. The molecule has 0 amide bonds. The van der Waals surface area contributed by atoms with Crippen LogP contribution in [0.5, 0.6) is 0 Å². The molecule has 0 bridgehead atoms. The summed E-state index contributed by atoms with van der Waals surface area (Å²) >= 11 is 0. The number of rotatable bonds is 0. The van der Waals surface area contributed by atoms with Crippen LogP contribution in [0.2, 0.25) is 0 Å². The summed E-state index contributed by atoms with van der Waals surface area (Å²) in [5.41, 5.74) is 0.889. The van der Waals surface area contributed by atoms with E-state index in [-0.39, 0.29) is 0 Å². The fourth-order valence-corrected chi connectivity index (χ4v) is 0.739. The van der Waals surface area contributed by atoms with Gasteiger partial charge in [-0.05, 0) is 19.1 Å². The maximum absolute atomic E-state index is 5.36. The highest BCUT2D eigenvalue weighted by Gasteiger charge is 1.91. The van der Waals surface area contributed by atoms with Gasteiger partial charge in [0.1, 0.15) is 19.9 Å². The molecule has 0 aliphatic rings. The Labute approximate surface area is 60.4 Å². The molecule has 0 aliphatic carbocycles. The maximum Gasteiger partial charge on any atom is 0.367 e. The normalized spacial score (nSPS) is 9.50. The summed E-state index contributed by atoms with van der Waals surface area (Å²) in [6.45, 7) is 1.94. The van der Waals surface area contributed by atoms with E-state index >= 15 is 0 Å². The predicted molar refractivity (Wildman–Crippen MR) is 40.6 cm³/mol. The molecule has 1 heterocycles. The van der Waals surface area contributed by atoms with Gasteiger partial charge >= 0.3 is 5.55 Å². The van der Waals surface area contributed by atoms with Crippen molar-refractivity contribution in [1.29, 1.82) is 0 Å². The molecule has 0 unspecified atom stereocenters. The Kier molecular flexibility index (Phi) is 1.90. The minimum Gasteiger partial charge on any atom is -0.410 e. The molecule has 1 aromatic rings. The van der Waals surface area contributed by atoms with E-state index in [0.29, 0.717) is 0 Å². The summed E-state index contributed by atoms with van der Waals surface area (Å²) in [4.78, 5) is 0. The summed E-state index contributed by atoms with van der Waals surface area (Å²) in [5, 5.41) is 0. The molecule has 0 fully saturated rings. The first-order valence-electron chi connectivity index (χ1n) is 3.27. The van der Waals surface area contributed by atoms with E-state index in [1.807, 2.05) is 43.8 Å². The Balaban J connectivity index is 3.34. The molecule has 0 saturated carbocycles. The summed E-state index contributed by atoms with van der Waals surface area (Å²) < 4.78 is 7.30. The minimum absolute atomic E-state index is 0.889. The van der Waals surface area contributed by atoms with E-state index in [1.54, 1.807) is 0 Å². The summed E-state index contributed by atoms with van der Waals surface area (Å²) in [5.74, 6) is 0.936. The fraction of sp³-hybridized carbons (Fsp3) is 0.375. The largest absolute Gasteiger partial charge is 0.410 e. The van der Waals surface area contributed by atoms with Crippen LogP contribution < -0.4 is 10.1 Å². The molecule has 54 valence electrons. The molecule has 0 saturated heterocycles. The van der Waals surface area contributed by atoms with Crippen LogP contribution in [0, 0.1) is 6.92 Å². The van der Waals surface area contributed by atoms with E-state index < -0.39 is 0 Å². The standard InChI is InChI=1S/C8H12NO/c1-7-5-4-6-8(10-7)9(2)3/h4-6H,1-3H3/q+1. The lowest BCUT2D eigenvalue weighted by Gasteiger charge is -1.88. The van der Waals surface area contributed by atoms with Crippen LogP contribution in [0.25, 0.3) is 0 Å². The lowest BCUT2D eigenvalue weighted by Crippen LogP contribution is -2.20. The molecule has 0 atom stereocenters. The second-order valence-corrected chi connectivity index (χ2v) is 2.47. The SMILES string of the molecule is Cc1cccc(=[N+](C)C)o1. The van der Waals surface area contributed by atoms with Gasteiger partial charge in [-0.25, -0.2) is 4.58 Å². The van der Waals surface area contributed by atoms with E-state index in [4.69, 9.17) is 4.42 Å². The fourth-order valence-electron chi connectivity index (χ4n) is 0.739. The quantitative estimate of drug-likeness (QED) is 0.480. The van der Waals surface area contributed by atoms with Gasteiger partial charge in [0.25, 0.3) is 0 Å². The monoisotopic (exact) mass is 138 g/mol. The predicted octanol–water partition coefficient (Wildman–Crippen LogP) is 0.620. The molecule has 1 aromatic heterocycles. The van der Waals surface area contributed by atoms with Crippen molar-refractivity contribution in [2.75, 3.05) is 14.1 Å². The molecule has 10 heavy (non-hydrogen) atoms. The average Bonchev–Trinajstić information content (AvgIpc) is 1.88. The first-order valence-corrected chi connectivity index (χ1v) is 3.27. The lowest BCUT2D eigenvalue weighted by atomic mass is 10.4. The maximum atomic E-state index is 5.36. The van der Waals surface area contributed by atoms with Gasteiger partial charge in [-0.3, -0.25) is 0 Å². The van der Waals surface area contributed by atoms with Crippen molar-refractivity contribution in [2.45, 2.75) is 6.92 Å². The van der Waals surface area contributed by atoms with E-state index in [1.165, 1.54) is 0 Å². The van der Waals surface area contributed by atoms with E-state index in [2.05, 4.69) is 0 Å². The number of hydrogen-bond acceptors (Lipinski definition) is 1. The van der Waals surface area contributed by atoms with Gasteiger partial charge in [0.2, 0.25) is 0 Å². The van der Waals surface area contributed by atoms with Gasteiger partial charge in [-0.2, -0.15) is 0 Å². The Morgan fingerprint density at radius 2 is 2.00 bits per heavy atom. The zero-order valence-electron chi connectivity index (χ0n) is 6.59. The van der Waals surface area contributed by atoms with Crippen molar-refractivity contribution >= 4 is 0 Å². The average molecular weight is 138 g/mol. The zero-order valence-corrected chi connectivity index (χ0v) is 6.59. The van der Waals surface area contributed by atoms with E-state index in [0.717, 1.165) is 11.3 Å². The molecule has 0 N–H and O–H groups in total. The lowest BCUT2D eigenvalue weighted by molar-refractivity contribution is 0.431. The Morgan fingerprint density at radius 3 is 2.40 bits per heavy atom. The number of hydrogen-bond donors (Lipinski definition) is 0. The van der Waals surface area contributed by atoms with Gasteiger partial charge in [-0.1, -0.05) is 0 Å². The van der Waals surface area contributed by atoms with Crippen LogP contribution in [-0.4, -0.2) is 14.1 Å². The molecule has 0 spiro atoms. The summed E-state index contributed by atoms with van der Waals surface area (Å²) in [7, 11) is 3.91. The minimum atomic E-state index is 0.889. The highest BCUT2D eigenvalue weighted by molar-refractivity contribution is 4.95. The molecule has 2 heteroatoms. The van der Waals surface area contributed by atoms with Crippen molar-refractivity contribution in [1.82, 2.24) is 4.58 Å². The molecular formula is C8H12NO+. The Hall–Kier alpha value is -1.05. The molecule has 0 aliphatic heterocycles. The van der Waals surface area contributed by atoms with Gasteiger partial charge in [0.05, 0.1) is 6.07 Å². The van der Waals surface area contributed by atoms with Crippen molar-refractivity contribution in [2.24, 2.45) is 0 Å². The third-order valence-electron chi connectivity index (χ3n) is 1.28. The highest BCUT2D eigenvalue weighted by Crippen LogP contribution is 1.87. The van der Waals surface area contributed by atoms with Crippen molar-refractivity contribution < 1.29 is 4.42 Å². The van der Waals surface area contributed by atoms with Gasteiger partial charge < -0.3 is 4.42 Å². The molecular weight excluding hydrogens is 126 g/mol. The summed E-state index contributed by atoms with van der Waals surface area (Å²) in [6.07, 6.45) is 0. The van der Waals surface area contributed by atoms with Crippen LogP contribution in [0.3, 0.4) is 0 Å². The smallest absolute Gasteiger partial charge is 0.367 e. The third kappa shape index (κ3) is 1.47. The number of aryl methyl sites for hydroxylation is 1. The number of nitrogens with zero attached hydrogens (tertiary/aromatic N) is 1. The second-order valence-electron chi connectivity index (χ2n) is 2.47. The zero-order chi connectivity index (χ0) is 7.56.